The van der Waals surface area contributed by atoms with Gasteiger partial charge in [0.1, 0.15) is 12.6 Å². The fourth-order valence-corrected chi connectivity index (χ4v) is 5.49. The zero-order valence-corrected chi connectivity index (χ0v) is 23.5. The van der Waals surface area contributed by atoms with Crippen molar-refractivity contribution in [2.75, 3.05) is 17.4 Å². The van der Waals surface area contributed by atoms with Crippen molar-refractivity contribution in [2.24, 2.45) is 0 Å². The van der Waals surface area contributed by atoms with Crippen LogP contribution in [0, 0.1) is 6.92 Å². The third-order valence-corrected chi connectivity index (χ3v) is 8.24. The van der Waals surface area contributed by atoms with Crippen LogP contribution in [0.1, 0.15) is 50.3 Å². The third-order valence-electron chi connectivity index (χ3n) is 6.45. The smallest absolute Gasteiger partial charge is 0.264 e. The Bertz CT molecular complexity index is 1320. The molecule has 0 saturated heterocycles. The molecule has 3 rings (SSSR count). The first-order valence-electron chi connectivity index (χ1n) is 12.8. The molecular weight excluding hydrogens is 498 g/mol. The van der Waals surface area contributed by atoms with Gasteiger partial charge in [0.15, 0.2) is 0 Å². The summed E-state index contributed by atoms with van der Waals surface area (Å²) in [5, 5.41) is 2.76. The summed E-state index contributed by atoms with van der Waals surface area (Å²) in [7, 11) is -4.08. The maximum Gasteiger partial charge on any atom is 0.264 e. The van der Waals surface area contributed by atoms with E-state index in [1.807, 2.05) is 56.3 Å². The lowest BCUT2D eigenvalue weighted by atomic mass is 10.0. The van der Waals surface area contributed by atoms with Gasteiger partial charge in [-0.1, -0.05) is 74.0 Å². The van der Waals surface area contributed by atoms with Gasteiger partial charge in [0, 0.05) is 13.1 Å². The monoisotopic (exact) mass is 535 g/mol. The van der Waals surface area contributed by atoms with Gasteiger partial charge in [0.2, 0.25) is 11.8 Å². The van der Waals surface area contributed by atoms with Crippen molar-refractivity contribution in [3.05, 3.63) is 95.6 Å². The lowest BCUT2D eigenvalue weighted by Crippen LogP contribution is -2.51. The van der Waals surface area contributed by atoms with Crippen LogP contribution in [0.2, 0.25) is 0 Å². The highest BCUT2D eigenvalue weighted by Gasteiger charge is 2.32. The van der Waals surface area contributed by atoms with E-state index in [-0.39, 0.29) is 23.3 Å². The predicted octanol–water partition coefficient (Wildman–Crippen LogP) is 4.87. The van der Waals surface area contributed by atoms with Crippen LogP contribution in [0.4, 0.5) is 5.69 Å². The van der Waals surface area contributed by atoms with Crippen molar-refractivity contribution in [3.8, 4) is 0 Å². The van der Waals surface area contributed by atoms with Gasteiger partial charge in [-0.05, 0) is 62.1 Å². The molecule has 0 fully saturated rings. The van der Waals surface area contributed by atoms with Gasteiger partial charge in [-0.2, -0.15) is 0 Å². The number of rotatable bonds is 11. The Balaban J connectivity index is 2.03. The molecule has 0 unspecified atom stereocenters. The first-order valence-corrected chi connectivity index (χ1v) is 14.3. The Kier molecular flexibility index (Phi) is 9.69. The quantitative estimate of drug-likeness (QED) is 0.380. The summed E-state index contributed by atoms with van der Waals surface area (Å²) in [4.78, 5) is 28.1. The molecule has 0 aliphatic carbocycles. The molecule has 3 aromatic rings. The Morgan fingerprint density at radius 2 is 1.47 bits per heavy atom. The molecule has 0 spiro atoms. The number of nitrogens with one attached hydrogen (secondary N) is 1. The summed E-state index contributed by atoms with van der Waals surface area (Å²) in [5.74, 6) is -0.505. The molecule has 0 aliphatic rings. The number of aryl methyl sites for hydroxylation is 1. The van der Waals surface area contributed by atoms with E-state index in [0.717, 1.165) is 21.0 Å². The van der Waals surface area contributed by atoms with E-state index in [1.165, 1.54) is 4.90 Å². The fraction of sp³-hybridized carbons (Fsp3) is 0.333. The second-order valence-electron chi connectivity index (χ2n) is 9.65. The highest BCUT2D eigenvalue weighted by molar-refractivity contribution is 7.92. The van der Waals surface area contributed by atoms with Crippen molar-refractivity contribution in [1.29, 1.82) is 0 Å². The van der Waals surface area contributed by atoms with Crippen molar-refractivity contribution in [1.82, 2.24) is 10.2 Å². The molecule has 1 N–H and O–H groups in total. The van der Waals surface area contributed by atoms with E-state index in [4.69, 9.17) is 0 Å². The van der Waals surface area contributed by atoms with Crippen LogP contribution in [0.3, 0.4) is 0 Å². The average Bonchev–Trinajstić information content (AvgIpc) is 2.90. The molecule has 38 heavy (non-hydrogen) atoms. The van der Waals surface area contributed by atoms with E-state index in [2.05, 4.69) is 19.2 Å². The average molecular weight is 536 g/mol. The number of nitrogens with zero attached hydrogens (tertiary/aromatic N) is 2. The number of likely N-dealkylation sites (N-methyl/N-ethyl adjacent to an activating group) is 1. The van der Waals surface area contributed by atoms with E-state index >= 15 is 0 Å². The highest BCUT2D eigenvalue weighted by atomic mass is 32.2. The topological polar surface area (TPSA) is 86.8 Å². The zero-order valence-electron chi connectivity index (χ0n) is 22.7. The van der Waals surface area contributed by atoms with E-state index in [0.29, 0.717) is 12.2 Å². The number of carbonyl (C=O) groups is 2. The Labute approximate surface area is 226 Å². The first kappa shape index (κ1) is 28.9. The van der Waals surface area contributed by atoms with Crippen LogP contribution in [0.5, 0.6) is 0 Å². The van der Waals surface area contributed by atoms with Crippen molar-refractivity contribution < 1.29 is 18.0 Å². The van der Waals surface area contributed by atoms with Crippen LogP contribution >= 0.6 is 0 Å². The van der Waals surface area contributed by atoms with Crippen LogP contribution in [-0.4, -0.2) is 44.3 Å². The van der Waals surface area contributed by atoms with Crippen LogP contribution in [0.15, 0.2) is 83.8 Å². The number of anilines is 1. The largest absolute Gasteiger partial charge is 0.355 e. The Morgan fingerprint density at radius 3 is 2.03 bits per heavy atom. The maximum absolute atomic E-state index is 13.9. The molecule has 8 heteroatoms. The minimum Gasteiger partial charge on any atom is -0.355 e. The molecule has 0 bridgehead atoms. The van der Waals surface area contributed by atoms with Gasteiger partial charge >= 0.3 is 0 Å². The second kappa shape index (κ2) is 12.7. The van der Waals surface area contributed by atoms with E-state index < -0.39 is 28.5 Å². The predicted molar refractivity (Wildman–Crippen MR) is 151 cm³/mol. The lowest BCUT2D eigenvalue weighted by molar-refractivity contribution is -0.139. The molecule has 0 aliphatic heterocycles. The number of hydrogen-bond donors (Lipinski definition) is 1. The van der Waals surface area contributed by atoms with Gasteiger partial charge in [-0.3, -0.25) is 13.9 Å². The molecule has 7 nitrogen and oxygen atoms in total. The minimum absolute atomic E-state index is 0.0928. The molecule has 0 radical (unpaired) electrons. The Hall–Kier alpha value is -3.65. The summed E-state index contributed by atoms with van der Waals surface area (Å²) in [6.45, 7) is 9.61. The van der Waals surface area contributed by atoms with E-state index in [9.17, 15) is 18.0 Å². The summed E-state index contributed by atoms with van der Waals surface area (Å²) in [5.41, 5.74) is 3.21. The molecular formula is C30H37N3O4S. The molecule has 1 atom stereocenters. The first-order chi connectivity index (χ1) is 18.0. The summed E-state index contributed by atoms with van der Waals surface area (Å²) in [6.07, 6.45) is 0. The summed E-state index contributed by atoms with van der Waals surface area (Å²) in [6, 6.07) is 22.3. The normalized spacial score (nSPS) is 12.2. The highest BCUT2D eigenvalue weighted by Crippen LogP contribution is 2.27. The minimum atomic E-state index is -4.08. The van der Waals surface area contributed by atoms with E-state index in [1.54, 1.807) is 43.3 Å². The number of benzene rings is 3. The SMILES string of the molecule is CCNC(=O)[C@@H](C)N(Cc1ccccc1)C(=O)CN(c1ccc(C(C)C)cc1)S(=O)(=O)c1ccc(C)cc1. The number of carbonyl (C=O) groups excluding carboxylic acids is 2. The number of sulfonamides is 1. The standard InChI is InChI=1S/C30H37N3O4S/c1-6-31-30(35)24(5)32(20-25-10-8-7-9-11-25)29(34)21-33(27-16-14-26(15-17-27)22(2)3)38(36,37)28-18-12-23(4)13-19-28/h7-19,22,24H,6,20-21H2,1-5H3,(H,31,35)/t24-/m1/s1. The van der Waals surface area contributed by atoms with Crippen LogP contribution in [-0.2, 0) is 26.2 Å². The van der Waals surface area contributed by atoms with Crippen molar-refractivity contribution in [3.63, 3.8) is 0 Å². The summed E-state index contributed by atoms with van der Waals surface area (Å²) >= 11 is 0. The lowest BCUT2D eigenvalue weighted by Gasteiger charge is -2.32. The zero-order chi connectivity index (χ0) is 27.9. The van der Waals surface area contributed by atoms with Gasteiger partial charge in [0.05, 0.1) is 10.6 Å². The number of amides is 2. The Morgan fingerprint density at radius 1 is 0.868 bits per heavy atom. The van der Waals surface area contributed by atoms with Gasteiger partial charge in [-0.15, -0.1) is 0 Å². The molecule has 3 aromatic carbocycles. The molecule has 0 aromatic heterocycles. The number of hydrogen-bond acceptors (Lipinski definition) is 4. The van der Waals surface area contributed by atoms with Crippen molar-refractivity contribution >= 4 is 27.5 Å². The van der Waals surface area contributed by atoms with Crippen LogP contribution < -0.4 is 9.62 Å². The maximum atomic E-state index is 13.9. The molecule has 0 saturated carbocycles. The molecule has 202 valence electrons. The second-order valence-corrected chi connectivity index (χ2v) is 11.5. The van der Waals surface area contributed by atoms with Gasteiger partial charge < -0.3 is 10.2 Å². The fourth-order valence-electron chi connectivity index (χ4n) is 4.08. The van der Waals surface area contributed by atoms with Crippen molar-refractivity contribution in [2.45, 2.75) is 58.0 Å². The van der Waals surface area contributed by atoms with Gasteiger partial charge in [-0.25, -0.2) is 8.42 Å². The van der Waals surface area contributed by atoms with Crippen LogP contribution in [0.25, 0.3) is 0 Å². The molecule has 0 heterocycles. The van der Waals surface area contributed by atoms with Gasteiger partial charge in [0.25, 0.3) is 10.0 Å². The third kappa shape index (κ3) is 7.01. The summed E-state index contributed by atoms with van der Waals surface area (Å²) < 4.78 is 28.9. The molecule has 2 amide bonds.